The molecule has 1 saturated heterocycles. The van der Waals surface area contributed by atoms with Crippen LogP contribution < -0.4 is 10.6 Å². The van der Waals surface area contributed by atoms with Crippen LogP contribution in [0.3, 0.4) is 0 Å². The minimum absolute atomic E-state index is 0. The molecule has 0 aromatic carbocycles. The summed E-state index contributed by atoms with van der Waals surface area (Å²) in [5, 5.41) is 6.13. The molecule has 2 aromatic rings. The fraction of sp³-hybridized carbons (Fsp3) is 0.500. The van der Waals surface area contributed by atoms with Crippen LogP contribution in [0.1, 0.15) is 31.4 Å². The number of anilines is 1. The number of halogens is 1. The highest BCUT2D eigenvalue weighted by atomic mass is 127. The topological polar surface area (TPSA) is 87.4 Å². The molecule has 9 heteroatoms. The van der Waals surface area contributed by atoms with Crippen molar-refractivity contribution in [1.29, 1.82) is 0 Å². The van der Waals surface area contributed by atoms with Crippen LogP contribution in [-0.4, -0.2) is 58.0 Å². The second kappa shape index (κ2) is 11.1. The Morgan fingerprint density at radius 1 is 1.38 bits per heavy atom. The summed E-state index contributed by atoms with van der Waals surface area (Å²) in [6.07, 6.45) is 8.89. The monoisotopic (exact) mass is 511 g/mol. The first kappa shape index (κ1) is 23.1. The molecular weight excluding hydrogens is 481 g/mol. The highest BCUT2D eigenvalue weighted by Gasteiger charge is 2.28. The van der Waals surface area contributed by atoms with E-state index >= 15 is 0 Å². The Bertz CT molecular complexity index is 792. The second-order valence-corrected chi connectivity index (χ2v) is 7.28. The Kier molecular flexibility index (Phi) is 8.87. The van der Waals surface area contributed by atoms with Crippen LogP contribution in [0.2, 0.25) is 0 Å². The summed E-state index contributed by atoms with van der Waals surface area (Å²) in [4.78, 5) is 27.2. The van der Waals surface area contributed by atoms with Crippen molar-refractivity contribution in [1.82, 2.24) is 24.8 Å². The van der Waals surface area contributed by atoms with E-state index in [-0.39, 0.29) is 29.9 Å². The van der Waals surface area contributed by atoms with Crippen molar-refractivity contribution >= 4 is 41.7 Å². The number of amides is 1. The van der Waals surface area contributed by atoms with E-state index in [1.165, 1.54) is 0 Å². The fourth-order valence-electron chi connectivity index (χ4n) is 3.46. The number of hydrogen-bond acceptors (Lipinski definition) is 4. The Morgan fingerprint density at radius 3 is 2.86 bits per heavy atom. The van der Waals surface area contributed by atoms with E-state index in [4.69, 9.17) is 0 Å². The lowest BCUT2D eigenvalue weighted by Crippen LogP contribution is -2.49. The highest BCUT2D eigenvalue weighted by Crippen LogP contribution is 2.27. The molecule has 158 valence electrons. The third-order valence-corrected chi connectivity index (χ3v) is 5.15. The van der Waals surface area contributed by atoms with E-state index in [0.717, 1.165) is 31.0 Å². The van der Waals surface area contributed by atoms with E-state index in [1.54, 1.807) is 13.2 Å². The first-order valence-electron chi connectivity index (χ1n) is 9.72. The van der Waals surface area contributed by atoms with Crippen molar-refractivity contribution in [3.63, 3.8) is 0 Å². The van der Waals surface area contributed by atoms with Crippen molar-refractivity contribution in [2.75, 3.05) is 32.0 Å². The average Bonchev–Trinajstić information content (AvgIpc) is 3.22. The number of rotatable bonds is 5. The summed E-state index contributed by atoms with van der Waals surface area (Å²) in [7, 11) is 1.78. The number of aryl methyl sites for hydroxylation is 1. The van der Waals surface area contributed by atoms with Gasteiger partial charge in [-0.15, -0.1) is 24.0 Å². The number of aliphatic imine (C=N–C) groups is 1. The average molecular weight is 511 g/mol. The number of likely N-dealkylation sites (tertiary alicyclic amines) is 1. The lowest BCUT2D eigenvalue weighted by molar-refractivity contribution is -0.116. The number of piperidine rings is 1. The Hall–Kier alpha value is -2.17. The number of hydrogen-bond donors (Lipinski definition) is 2. The number of guanidine groups is 1. The molecule has 0 radical (unpaired) electrons. The van der Waals surface area contributed by atoms with Gasteiger partial charge in [0, 0.05) is 51.7 Å². The summed E-state index contributed by atoms with van der Waals surface area (Å²) < 4.78 is 2.17. The normalized spacial score (nSPS) is 19.4. The second-order valence-electron chi connectivity index (χ2n) is 7.28. The summed E-state index contributed by atoms with van der Waals surface area (Å²) in [5.74, 6) is 1.92. The molecule has 0 aliphatic carbocycles. The molecule has 2 aromatic heterocycles. The molecule has 8 nitrogen and oxygen atoms in total. The molecule has 0 bridgehead atoms. The van der Waals surface area contributed by atoms with Gasteiger partial charge < -0.3 is 20.1 Å². The van der Waals surface area contributed by atoms with E-state index in [2.05, 4.69) is 42.0 Å². The van der Waals surface area contributed by atoms with Crippen molar-refractivity contribution in [2.45, 2.75) is 32.7 Å². The van der Waals surface area contributed by atoms with Crippen molar-refractivity contribution in [3.05, 3.63) is 42.6 Å². The lowest BCUT2D eigenvalue weighted by Gasteiger charge is -2.39. The lowest BCUT2D eigenvalue weighted by atomic mass is 9.93. The SMILES string of the molecule is CN=C(NCCC(=O)Nc1ccc(C)cn1)N1CCC(C)C(n2ccnc2)C1.I. The third-order valence-electron chi connectivity index (χ3n) is 5.15. The molecule has 1 aliphatic rings. The van der Waals surface area contributed by atoms with Crippen LogP contribution in [0, 0.1) is 12.8 Å². The van der Waals surface area contributed by atoms with E-state index in [0.29, 0.717) is 30.7 Å². The zero-order chi connectivity index (χ0) is 19.9. The van der Waals surface area contributed by atoms with Gasteiger partial charge in [0.2, 0.25) is 5.91 Å². The molecule has 3 heterocycles. The van der Waals surface area contributed by atoms with Gasteiger partial charge in [-0.2, -0.15) is 0 Å². The van der Waals surface area contributed by atoms with Crippen LogP contribution in [-0.2, 0) is 4.79 Å². The van der Waals surface area contributed by atoms with Crippen molar-refractivity contribution in [2.24, 2.45) is 10.9 Å². The van der Waals surface area contributed by atoms with Gasteiger partial charge in [-0.05, 0) is 30.9 Å². The maximum atomic E-state index is 12.1. The highest BCUT2D eigenvalue weighted by molar-refractivity contribution is 14.0. The molecule has 0 spiro atoms. The number of nitrogens with one attached hydrogen (secondary N) is 2. The van der Waals surface area contributed by atoms with Crippen molar-refractivity contribution < 1.29 is 4.79 Å². The molecule has 1 aliphatic heterocycles. The van der Waals surface area contributed by atoms with Gasteiger partial charge in [0.25, 0.3) is 0 Å². The summed E-state index contributed by atoms with van der Waals surface area (Å²) in [6.45, 7) is 6.59. The molecule has 2 atom stereocenters. The van der Waals surface area contributed by atoms with Crippen molar-refractivity contribution in [3.8, 4) is 0 Å². The summed E-state index contributed by atoms with van der Waals surface area (Å²) >= 11 is 0. The van der Waals surface area contributed by atoms with Gasteiger partial charge in [-0.25, -0.2) is 9.97 Å². The minimum Gasteiger partial charge on any atom is -0.356 e. The summed E-state index contributed by atoms with van der Waals surface area (Å²) in [6, 6.07) is 4.10. The van der Waals surface area contributed by atoms with Crippen LogP contribution >= 0.6 is 24.0 Å². The minimum atomic E-state index is -0.0668. The van der Waals surface area contributed by atoms with Crippen LogP contribution in [0.4, 0.5) is 5.82 Å². The predicted octanol–water partition coefficient (Wildman–Crippen LogP) is 2.69. The molecule has 29 heavy (non-hydrogen) atoms. The smallest absolute Gasteiger partial charge is 0.227 e. The Balaban J connectivity index is 0.00000300. The van der Waals surface area contributed by atoms with Crippen LogP contribution in [0.25, 0.3) is 0 Å². The van der Waals surface area contributed by atoms with E-state index < -0.39 is 0 Å². The molecule has 1 amide bonds. The molecule has 3 rings (SSSR count). The third kappa shape index (κ3) is 6.41. The van der Waals surface area contributed by atoms with Gasteiger partial charge >= 0.3 is 0 Å². The van der Waals surface area contributed by atoms with E-state index in [9.17, 15) is 4.79 Å². The molecule has 2 unspecified atom stereocenters. The van der Waals surface area contributed by atoms with Gasteiger partial charge in [-0.1, -0.05) is 13.0 Å². The quantitative estimate of drug-likeness (QED) is 0.366. The summed E-state index contributed by atoms with van der Waals surface area (Å²) in [5.41, 5.74) is 1.06. The zero-order valence-electron chi connectivity index (χ0n) is 17.2. The van der Waals surface area contributed by atoms with Crippen LogP contribution in [0.5, 0.6) is 0 Å². The van der Waals surface area contributed by atoms with Gasteiger partial charge in [0.1, 0.15) is 5.82 Å². The fourth-order valence-corrected chi connectivity index (χ4v) is 3.46. The zero-order valence-corrected chi connectivity index (χ0v) is 19.5. The maximum absolute atomic E-state index is 12.1. The number of imidazole rings is 1. The Morgan fingerprint density at radius 2 is 2.21 bits per heavy atom. The standard InChI is InChI=1S/C20H29N7O.HI/c1-15-4-5-18(24-12-15)25-19(28)6-8-23-20(21-3)26-10-7-16(2)17(13-26)27-11-9-22-14-27;/h4-5,9,11-12,14,16-17H,6-8,10,13H2,1-3H3,(H,21,23)(H,24,25,28);1H. The largest absolute Gasteiger partial charge is 0.356 e. The Labute approximate surface area is 189 Å². The van der Waals surface area contributed by atoms with Crippen LogP contribution in [0.15, 0.2) is 42.0 Å². The van der Waals surface area contributed by atoms with Gasteiger partial charge in [-0.3, -0.25) is 9.79 Å². The molecule has 1 fully saturated rings. The molecule has 2 N–H and O–H groups in total. The van der Waals surface area contributed by atoms with Gasteiger partial charge in [0.05, 0.1) is 12.4 Å². The van der Waals surface area contributed by atoms with Gasteiger partial charge in [0.15, 0.2) is 5.96 Å². The number of pyridine rings is 1. The molecular formula is C20H30IN7O. The first-order chi connectivity index (χ1) is 13.6. The predicted molar refractivity (Wildman–Crippen MR) is 126 cm³/mol. The first-order valence-corrected chi connectivity index (χ1v) is 9.72. The maximum Gasteiger partial charge on any atom is 0.227 e. The number of aromatic nitrogens is 3. The number of nitrogens with zero attached hydrogens (tertiary/aromatic N) is 5. The number of carbonyl (C=O) groups excluding carboxylic acids is 1. The van der Waals surface area contributed by atoms with E-state index in [1.807, 2.05) is 37.8 Å². The number of carbonyl (C=O) groups is 1. The molecule has 0 saturated carbocycles.